The molecular formula is C16H19ClFN3. The molecule has 112 valence electrons. The standard InChI is InChI=1S/C16H19ClFN3/c1-10-7-12(9-19-16(2,3)4)21-15(20-10)11-5-6-14(18)13(17)8-11/h5-8,19H,9H2,1-4H3. The Morgan fingerprint density at radius 3 is 2.52 bits per heavy atom. The van der Waals surface area contributed by atoms with E-state index in [0.717, 1.165) is 11.4 Å². The minimum Gasteiger partial charge on any atom is -0.306 e. The van der Waals surface area contributed by atoms with Crippen molar-refractivity contribution >= 4 is 11.6 Å². The summed E-state index contributed by atoms with van der Waals surface area (Å²) in [4.78, 5) is 8.92. The number of nitrogens with zero attached hydrogens (tertiary/aromatic N) is 2. The summed E-state index contributed by atoms with van der Waals surface area (Å²) >= 11 is 5.82. The Kier molecular flexibility index (Phi) is 4.59. The topological polar surface area (TPSA) is 37.8 Å². The second-order valence-corrected chi connectivity index (χ2v) is 6.46. The van der Waals surface area contributed by atoms with Gasteiger partial charge >= 0.3 is 0 Å². The van der Waals surface area contributed by atoms with Crippen LogP contribution in [-0.4, -0.2) is 15.5 Å². The van der Waals surface area contributed by atoms with E-state index in [4.69, 9.17) is 11.6 Å². The van der Waals surface area contributed by atoms with Crippen molar-refractivity contribution in [2.45, 2.75) is 39.8 Å². The van der Waals surface area contributed by atoms with E-state index in [0.29, 0.717) is 17.9 Å². The highest BCUT2D eigenvalue weighted by Gasteiger charge is 2.11. The van der Waals surface area contributed by atoms with Gasteiger partial charge in [0.15, 0.2) is 5.82 Å². The highest BCUT2D eigenvalue weighted by molar-refractivity contribution is 6.31. The Bertz CT molecular complexity index is 650. The number of hydrogen-bond donors (Lipinski definition) is 1. The number of nitrogens with one attached hydrogen (secondary N) is 1. The van der Waals surface area contributed by atoms with Gasteiger partial charge in [0.2, 0.25) is 0 Å². The third-order valence-corrected chi connectivity index (χ3v) is 3.17. The van der Waals surface area contributed by atoms with E-state index in [1.807, 2.05) is 13.0 Å². The molecule has 0 aliphatic rings. The molecule has 0 saturated heterocycles. The summed E-state index contributed by atoms with van der Waals surface area (Å²) in [6, 6.07) is 6.45. The lowest BCUT2D eigenvalue weighted by Gasteiger charge is -2.20. The largest absolute Gasteiger partial charge is 0.306 e. The predicted molar refractivity (Wildman–Crippen MR) is 83.8 cm³/mol. The molecule has 0 radical (unpaired) electrons. The van der Waals surface area contributed by atoms with Gasteiger partial charge in [0.1, 0.15) is 5.82 Å². The van der Waals surface area contributed by atoms with E-state index in [2.05, 4.69) is 36.1 Å². The van der Waals surface area contributed by atoms with Crippen LogP contribution in [0.15, 0.2) is 24.3 Å². The molecule has 0 amide bonds. The monoisotopic (exact) mass is 307 g/mol. The lowest BCUT2D eigenvalue weighted by atomic mass is 10.1. The number of benzene rings is 1. The van der Waals surface area contributed by atoms with E-state index in [9.17, 15) is 4.39 Å². The Balaban J connectivity index is 2.32. The van der Waals surface area contributed by atoms with Gasteiger partial charge in [0, 0.05) is 23.3 Å². The van der Waals surface area contributed by atoms with Crippen molar-refractivity contribution in [3.05, 3.63) is 46.5 Å². The van der Waals surface area contributed by atoms with E-state index in [-0.39, 0.29) is 10.6 Å². The van der Waals surface area contributed by atoms with Crippen LogP contribution in [0.1, 0.15) is 32.2 Å². The first-order valence-electron chi connectivity index (χ1n) is 6.79. The quantitative estimate of drug-likeness (QED) is 0.926. The normalized spacial score (nSPS) is 11.7. The number of aromatic nitrogens is 2. The van der Waals surface area contributed by atoms with Crippen LogP contribution in [0, 0.1) is 12.7 Å². The molecule has 0 fully saturated rings. The molecule has 0 spiro atoms. The Morgan fingerprint density at radius 2 is 1.90 bits per heavy atom. The Morgan fingerprint density at radius 1 is 1.19 bits per heavy atom. The van der Waals surface area contributed by atoms with E-state index >= 15 is 0 Å². The van der Waals surface area contributed by atoms with Gasteiger partial charge in [0.05, 0.1) is 10.7 Å². The minimum atomic E-state index is -0.442. The van der Waals surface area contributed by atoms with Crippen LogP contribution in [-0.2, 0) is 6.54 Å². The zero-order valence-corrected chi connectivity index (χ0v) is 13.4. The number of rotatable bonds is 3. The molecule has 1 aromatic carbocycles. The predicted octanol–water partition coefficient (Wildman–Crippen LogP) is 4.13. The Hall–Kier alpha value is -1.52. The first-order chi connectivity index (χ1) is 9.74. The van der Waals surface area contributed by atoms with Crippen molar-refractivity contribution < 1.29 is 4.39 Å². The fourth-order valence-corrected chi connectivity index (χ4v) is 2.02. The van der Waals surface area contributed by atoms with Crippen molar-refractivity contribution in [3.63, 3.8) is 0 Å². The van der Waals surface area contributed by atoms with Crippen LogP contribution in [0.5, 0.6) is 0 Å². The summed E-state index contributed by atoms with van der Waals surface area (Å²) in [5.41, 5.74) is 2.49. The zero-order chi connectivity index (χ0) is 15.6. The molecule has 5 heteroatoms. The first-order valence-corrected chi connectivity index (χ1v) is 7.17. The number of hydrogen-bond acceptors (Lipinski definition) is 3. The van der Waals surface area contributed by atoms with Gasteiger partial charge in [-0.05, 0) is 52.0 Å². The minimum absolute atomic E-state index is 0.0121. The second-order valence-electron chi connectivity index (χ2n) is 6.06. The van der Waals surface area contributed by atoms with Gasteiger partial charge in [-0.25, -0.2) is 14.4 Å². The summed E-state index contributed by atoms with van der Waals surface area (Å²) in [7, 11) is 0. The SMILES string of the molecule is Cc1cc(CNC(C)(C)C)nc(-c2ccc(F)c(Cl)c2)n1. The van der Waals surface area contributed by atoms with Crippen molar-refractivity contribution in [3.8, 4) is 11.4 Å². The molecule has 2 aromatic rings. The van der Waals surface area contributed by atoms with Crippen molar-refractivity contribution in [1.29, 1.82) is 0 Å². The van der Waals surface area contributed by atoms with Crippen LogP contribution in [0.2, 0.25) is 5.02 Å². The highest BCUT2D eigenvalue weighted by Crippen LogP contribution is 2.23. The molecule has 0 unspecified atom stereocenters. The van der Waals surface area contributed by atoms with Crippen LogP contribution >= 0.6 is 11.6 Å². The molecule has 21 heavy (non-hydrogen) atoms. The molecule has 3 nitrogen and oxygen atoms in total. The van der Waals surface area contributed by atoms with Gasteiger partial charge in [-0.2, -0.15) is 0 Å². The maximum absolute atomic E-state index is 13.2. The number of aryl methyl sites for hydroxylation is 1. The summed E-state index contributed by atoms with van der Waals surface area (Å²) in [6.07, 6.45) is 0. The van der Waals surface area contributed by atoms with Crippen molar-refractivity contribution in [2.75, 3.05) is 0 Å². The van der Waals surface area contributed by atoms with Crippen molar-refractivity contribution in [1.82, 2.24) is 15.3 Å². The number of halogens is 2. The summed E-state index contributed by atoms with van der Waals surface area (Å²) < 4.78 is 13.2. The fourth-order valence-electron chi connectivity index (χ4n) is 1.84. The van der Waals surface area contributed by atoms with Gasteiger partial charge in [0.25, 0.3) is 0 Å². The van der Waals surface area contributed by atoms with Crippen molar-refractivity contribution in [2.24, 2.45) is 0 Å². The molecule has 2 rings (SSSR count). The van der Waals surface area contributed by atoms with Crippen LogP contribution < -0.4 is 5.32 Å². The third-order valence-electron chi connectivity index (χ3n) is 2.88. The molecule has 1 N–H and O–H groups in total. The molecule has 0 bridgehead atoms. The molecule has 0 aliphatic carbocycles. The Labute approximate surface area is 129 Å². The van der Waals surface area contributed by atoms with E-state index in [1.165, 1.54) is 6.07 Å². The van der Waals surface area contributed by atoms with Crippen LogP contribution in [0.4, 0.5) is 4.39 Å². The third kappa shape index (κ3) is 4.48. The molecule has 1 aromatic heterocycles. The maximum Gasteiger partial charge on any atom is 0.159 e. The molecular weight excluding hydrogens is 289 g/mol. The summed E-state index contributed by atoms with van der Waals surface area (Å²) in [6.45, 7) is 8.86. The van der Waals surface area contributed by atoms with Crippen LogP contribution in [0.3, 0.4) is 0 Å². The fraction of sp³-hybridized carbons (Fsp3) is 0.375. The molecule has 0 aliphatic heterocycles. The average molecular weight is 308 g/mol. The molecule has 0 saturated carbocycles. The van der Waals surface area contributed by atoms with Gasteiger partial charge < -0.3 is 5.32 Å². The van der Waals surface area contributed by atoms with Gasteiger partial charge in [-0.15, -0.1) is 0 Å². The molecule has 0 atom stereocenters. The van der Waals surface area contributed by atoms with Gasteiger partial charge in [-0.1, -0.05) is 11.6 Å². The smallest absolute Gasteiger partial charge is 0.159 e. The summed E-state index contributed by atoms with van der Waals surface area (Å²) in [5, 5.41) is 3.46. The highest BCUT2D eigenvalue weighted by atomic mass is 35.5. The lowest BCUT2D eigenvalue weighted by molar-refractivity contribution is 0.421. The molecule has 1 heterocycles. The van der Waals surface area contributed by atoms with E-state index in [1.54, 1.807) is 12.1 Å². The zero-order valence-electron chi connectivity index (χ0n) is 12.7. The summed E-state index contributed by atoms with van der Waals surface area (Å²) in [5.74, 6) is 0.116. The van der Waals surface area contributed by atoms with Crippen LogP contribution in [0.25, 0.3) is 11.4 Å². The van der Waals surface area contributed by atoms with E-state index < -0.39 is 5.82 Å². The average Bonchev–Trinajstić information content (AvgIpc) is 2.38. The second kappa shape index (κ2) is 6.08. The first kappa shape index (κ1) is 15.9. The van der Waals surface area contributed by atoms with Gasteiger partial charge in [-0.3, -0.25) is 0 Å². The lowest BCUT2D eigenvalue weighted by Crippen LogP contribution is -2.35. The maximum atomic E-state index is 13.2.